The van der Waals surface area contributed by atoms with Crippen LogP contribution in [0.1, 0.15) is 5.69 Å². The second-order valence-electron chi connectivity index (χ2n) is 2.27. The van der Waals surface area contributed by atoms with E-state index in [1.54, 1.807) is 10.9 Å². The number of thiocarbonyl (C=S) groups is 1. The molecule has 0 aromatic carbocycles. The third-order valence-electron chi connectivity index (χ3n) is 1.48. The minimum Gasteiger partial charge on any atom is -0.356 e. The van der Waals surface area contributed by atoms with Crippen LogP contribution in [0, 0.1) is 0 Å². The van der Waals surface area contributed by atoms with Gasteiger partial charge in [0.25, 0.3) is 0 Å². The van der Waals surface area contributed by atoms with Crippen molar-refractivity contribution in [2.75, 3.05) is 0 Å². The van der Waals surface area contributed by atoms with Gasteiger partial charge in [-0.1, -0.05) is 0 Å². The van der Waals surface area contributed by atoms with E-state index in [0.29, 0.717) is 11.7 Å². The molecule has 0 radical (unpaired) electrons. The van der Waals surface area contributed by atoms with Gasteiger partial charge in [0.15, 0.2) is 5.11 Å². The zero-order valence-corrected chi connectivity index (χ0v) is 7.56. The van der Waals surface area contributed by atoms with Crippen LogP contribution in [-0.4, -0.2) is 14.9 Å². The van der Waals surface area contributed by atoms with Crippen molar-refractivity contribution in [1.82, 2.24) is 20.5 Å². The molecule has 1 rings (SSSR count). The summed E-state index contributed by atoms with van der Waals surface area (Å²) in [5, 5.41) is 7.34. The summed E-state index contributed by atoms with van der Waals surface area (Å²) in [6.45, 7) is 0.625. The smallest absolute Gasteiger partial charge is 0.180 e. The number of hydrazine groups is 1. The molecule has 1 heterocycles. The third-order valence-corrected chi connectivity index (χ3v) is 1.75. The number of aromatic nitrogens is 2. The van der Waals surface area contributed by atoms with Crippen molar-refractivity contribution in [3.05, 3.63) is 18.0 Å². The molecule has 0 fully saturated rings. The standard InChI is InChI=1S/C6H11N5S/c1-11-5(2-3-9-11)4-8-6(12)10-7/h2-3H,4,7H2,1H3,(H2,8,10,12). The second kappa shape index (κ2) is 4.03. The molecule has 0 saturated heterocycles. The van der Waals surface area contributed by atoms with Crippen LogP contribution in [0.15, 0.2) is 12.3 Å². The van der Waals surface area contributed by atoms with E-state index in [1.807, 2.05) is 13.1 Å². The van der Waals surface area contributed by atoms with Crippen molar-refractivity contribution < 1.29 is 0 Å². The first kappa shape index (κ1) is 8.95. The van der Waals surface area contributed by atoms with E-state index < -0.39 is 0 Å². The monoisotopic (exact) mass is 185 g/mol. The van der Waals surface area contributed by atoms with Crippen molar-refractivity contribution in [3.63, 3.8) is 0 Å². The summed E-state index contributed by atoms with van der Waals surface area (Å²) in [6, 6.07) is 1.91. The van der Waals surface area contributed by atoms with E-state index >= 15 is 0 Å². The molecule has 0 amide bonds. The maximum Gasteiger partial charge on any atom is 0.180 e. The number of nitrogens with zero attached hydrogens (tertiary/aromatic N) is 2. The highest BCUT2D eigenvalue weighted by atomic mass is 32.1. The lowest BCUT2D eigenvalue weighted by molar-refractivity contribution is 0.690. The normalized spacial score (nSPS) is 9.50. The molecule has 0 spiro atoms. The van der Waals surface area contributed by atoms with E-state index in [2.05, 4.69) is 15.8 Å². The number of hydrogen-bond donors (Lipinski definition) is 3. The Kier molecular flexibility index (Phi) is 3.01. The first-order chi connectivity index (χ1) is 5.74. The molecule has 0 atom stereocenters. The van der Waals surface area contributed by atoms with Crippen LogP contribution >= 0.6 is 12.2 Å². The molecule has 1 aromatic rings. The van der Waals surface area contributed by atoms with Crippen LogP contribution in [0.2, 0.25) is 0 Å². The molecule has 0 aliphatic heterocycles. The average Bonchev–Trinajstić information content (AvgIpc) is 2.47. The van der Waals surface area contributed by atoms with E-state index in [0.717, 1.165) is 5.69 Å². The summed E-state index contributed by atoms with van der Waals surface area (Å²) in [6.07, 6.45) is 1.73. The van der Waals surface area contributed by atoms with Crippen LogP contribution in [0.4, 0.5) is 0 Å². The lowest BCUT2D eigenvalue weighted by Crippen LogP contribution is -2.39. The molecular weight excluding hydrogens is 174 g/mol. The van der Waals surface area contributed by atoms with Gasteiger partial charge in [0.1, 0.15) is 0 Å². The molecule has 12 heavy (non-hydrogen) atoms. The first-order valence-electron chi connectivity index (χ1n) is 3.45. The Hall–Kier alpha value is -1.14. The number of hydrogen-bond acceptors (Lipinski definition) is 3. The van der Waals surface area contributed by atoms with Crippen molar-refractivity contribution >= 4 is 17.3 Å². The summed E-state index contributed by atoms with van der Waals surface area (Å²) in [4.78, 5) is 0. The minimum atomic E-state index is 0.427. The fourth-order valence-corrected chi connectivity index (χ4v) is 0.869. The molecular formula is C6H11N5S. The largest absolute Gasteiger partial charge is 0.356 e. The molecule has 6 heteroatoms. The second-order valence-corrected chi connectivity index (χ2v) is 2.68. The fourth-order valence-electron chi connectivity index (χ4n) is 0.797. The van der Waals surface area contributed by atoms with Crippen molar-refractivity contribution in [2.24, 2.45) is 12.9 Å². The van der Waals surface area contributed by atoms with Gasteiger partial charge in [-0.2, -0.15) is 5.10 Å². The highest BCUT2D eigenvalue weighted by Crippen LogP contribution is 1.94. The molecule has 0 bridgehead atoms. The highest BCUT2D eigenvalue weighted by Gasteiger charge is 1.97. The molecule has 0 aliphatic carbocycles. The van der Waals surface area contributed by atoms with Crippen LogP contribution < -0.4 is 16.6 Å². The van der Waals surface area contributed by atoms with Crippen LogP contribution in [0.25, 0.3) is 0 Å². The SMILES string of the molecule is Cn1nccc1CNC(=S)NN. The van der Waals surface area contributed by atoms with E-state index in [1.165, 1.54) is 0 Å². The van der Waals surface area contributed by atoms with Crippen LogP contribution in [-0.2, 0) is 13.6 Å². The molecule has 0 unspecified atom stereocenters. The predicted molar refractivity (Wildman–Crippen MR) is 50.0 cm³/mol. The fraction of sp³-hybridized carbons (Fsp3) is 0.333. The maximum atomic E-state index is 5.07. The number of rotatable bonds is 2. The van der Waals surface area contributed by atoms with Gasteiger partial charge >= 0.3 is 0 Å². The lowest BCUT2D eigenvalue weighted by Gasteiger charge is -2.06. The van der Waals surface area contributed by atoms with Gasteiger partial charge in [-0.05, 0) is 18.3 Å². The Labute approximate surface area is 75.9 Å². The summed E-state index contributed by atoms with van der Waals surface area (Å²) >= 11 is 4.79. The van der Waals surface area contributed by atoms with E-state index in [4.69, 9.17) is 18.1 Å². The van der Waals surface area contributed by atoms with Gasteiger partial charge in [-0.25, -0.2) is 5.84 Å². The molecule has 0 saturated carbocycles. The van der Waals surface area contributed by atoms with Crippen LogP contribution in [0.5, 0.6) is 0 Å². The molecule has 4 N–H and O–H groups in total. The van der Waals surface area contributed by atoms with Gasteiger partial charge in [-0.15, -0.1) is 0 Å². The van der Waals surface area contributed by atoms with Gasteiger partial charge in [-0.3, -0.25) is 4.68 Å². The van der Waals surface area contributed by atoms with Crippen molar-refractivity contribution in [2.45, 2.75) is 6.54 Å². The quantitative estimate of drug-likeness (QED) is 0.321. The number of aryl methyl sites for hydroxylation is 1. The Balaban J connectivity index is 2.43. The third kappa shape index (κ3) is 2.18. The highest BCUT2D eigenvalue weighted by molar-refractivity contribution is 7.80. The zero-order chi connectivity index (χ0) is 8.97. The topological polar surface area (TPSA) is 67.9 Å². The summed E-state index contributed by atoms with van der Waals surface area (Å²) in [5.74, 6) is 5.07. The summed E-state index contributed by atoms with van der Waals surface area (Å²) in [7, 11) is 1.87. The Morgan fingerprint density at radius 2 is 2.58 bits per heavy atom. The Morgan fingerprint density at radius 1 is 1.83 bits per heavy atom. The first-order valence-corrected chi connectivity index (χ1v) is 3.86. The number of nitrogens with two attached hydrogens (primary N) is 1. The van der Waals surface area contributed by atoms with Gasteiger partial charge in [0, 0.05) is 13.2 Å². The molecule has 66 valence electrons. The molecule has 0 aliphatic rings. The molecule has 1 aromatic heterocycles. The van der Waals surface area contributed by atoms with Crippen molar-refractivity contribution in [1.29, 1.82) is 0 Å². The van der Waals surface area contributed by atoms with Gasteiger partial charge < -0.3 is 10.7 Å². The van der Waals surface area contributed by atoms with Crippen molar-refractivity contribution in [3.8, 4) is 0 Å². The predicted octanol–water partition coefficient (Wildman–Crippen LogP) is -0.742. The summed E-state index contributed by atoms with van der Waals surface area (Å²) < 4.78 is 1.77. The average molecular weight is 185 g/mol. The minimum absolute atomic E-state index is 0.427. The Morgan fingerprint density at radius 3 is 3.08 bits per heavy atom. The zero-order valence-electron chi connectivity index (χ0n) is 6.74. The summed E-state index contributed by atoms with van der Waals surface area (Å²) in [5.41, 5.74) is 3.39. The van der Waals surface area contributed by atoms with Crippen LogP contribution in [0.3, 0.4) is 0 Å². The maximum absolute atomic E-state index is 5.07. The van der Waals surface area contributed by atoms with Gasteiger partial charge in [0.05, 0.1) is 12.2 Å². The van der Waals surface area contributed by atoms with E-state index in [9.17, 15) is 0 Å². The molecule has 5 nitrogen and oxygen atoms in total. The Bertz CT molecular complexity index is 269. The van der Waals surface area contributed by atoms with E-state index in [-0.39, 0.29) is 0 Å². The lowest BCUT2D eigenvalue weighted by atomic mass is 10.4. The number of nitrogens with one attached hydrogen (secondary N) is 2. The van der Waals surface area contributed by atoms with Gasteiger partial charge in [0.2, 0.25) is 0 Å².